The molecule has 6 N–H and O–H groups in total. The van der Waals surface area contributed by atoms with E-state index in [0.29, 0.717) is 0 Å². The molecular formula is C41H48N8O2. The van der Waals surface area contributed by atoms with Crippen molar-refractivity contribution in [1.29, 1.82) is 0 Å². The minimum atomic E-state index is -0.0804. The number of nitrogens with one attached hydrogen (secondary N) is 2. The lowest BCUT2D eigenvalue weighted by Gasteiger charge is -2.24. The van der Waals surface area contributed by atoms with Gasteiger partial charge in [-0.1, -0.05) is 56.0 Å². The number of amides is 2. The van der Waals surface area contributed by atoms with Gasteiger partial charge in [-0.3, -0.25) is 29.5 Å². The van der Waals surface area contributed by atoms with Gasteiger partial charge in [0.2, 0.25) is 11.8 Å². The van der Waals surface area contributed by atoms with Gasteiger partial charge in [-0.05, 0) is 86.1 Å². The predicted molar refractivity (Wildman–Crippen MR) is 207 cm³/mol. The minimum Gasteiger partial charge on any atom is -0.397 e. The fourth-order valence-electron chi connectivity index (χ4n) is 6.16. The van der Waals surface area contributed by atoms with E-state index in [4.69, 9.17) is 11.5 Å². The van der Waals surface area contributed by atoms with E-state index in [2.05, 4.69) is 42.7 Å². The summed E-state index contributed by atoms with van der Waals surface area (Å²) in [7, 11) is 0. The lowest BCUT2D eigenvalue weighted by molar-refractivity contribution is -0.119. The van der Waals surface area contributed by atoms with E-state index in [1.165, 1.54) is 24.5 Å². The molecule has 0 saturated heterocycles. The molecule has 0 fully saturated rings. The van der Waals surface area contributed by atoms with Gasteiger partial charge in [-0.15, -0.1) is 0 Å². The summed E-state index contributed by atoms with van der Waals surface area (Å²) in [5, 5.41) is 7.80. The van der Waals surface area contributed by atoms with Crippen molar-refractivity contribution in [2.45, 2.75) is 71.9 Å². The summed E-state index contributed by atoms with van der Waals surface area (Å²) >= 11 is 0. The Labute approximate surface area is 300 Å². The molecule has 2 unspecified atom stereocenters. The first kappa shape index (κ1) is 38.1. The Morgan fingerprint density at radius 1 is 0.647 bits per heavy atom. The van der Waals surface area contributed by atoms with Gasteiger partial charge in [0.25, 0.3) is 0 Å². The fraction of sp³-hybridized carbons (Fsp3) is 0.268. The third kappa shape index (κ3) is 10.6. The molecule has 2 aromatic carbocycles. The molecule has 0 radical (unpaired) electrons. The van der Waals surface area contributed by atoms with Crippen LogP contribution >= 0.6 is 0 Å². The predicted octanol–water partition coefficient (Wildman–Crippen LogP) is 7.66. The monoisotopic (exact) mass is 684 g/mol. The molecule has 0 bridgehead atoms. The number of pyridine rings is 4. The number of hydrogen-bond acceptors (Lipinski definition) is 8. The van der Waals surface area contributed by atoms with Crippen LogP contribution in [0.15, 0.2) is 110 Å². The van der Waals surface area contributed by atoms with Crippen molar-refractivity contribution >= 4 is 45.0 Å². The number of fused-ring (bicyclic) bond motifs is 4. The van der Waals surface area contributed by atoms with Crippen LogP contribution in [0.5, 0.6) is 0 Å². The van der Waals surface area contributed by atoms with E-state index in [9.17, 15) is 9.59 Å². The first-order valence-electron chi connectivity index (χ1n) is 16.9. The molecule has 264 valence electrons. The maximum atomic E-state index is 11.0. The molecule has 8 rings (SSSR count). The van der Waals surface area contributed by atoms with E-state index >= 15 is 0 Å². The highest BCUT2D eigenvalue weighted by atomic mass is 16.2. The second kappa shape index (κ2) is 18.9. The number of nitrogen functional groups attached to an aromatic ring is 1. The molecule has 10 heteroatoms. The molecule has 2 atom stereocenters. The largest absolute Gasteiger partial charge is 0.397 e. The molecule has 6 aromatic rings. The van der Waals surface area contributed by atoms with Crippen molar-refractivity contribution in [2.75, 3.05) is 11.1 Å². The van der Waals surface area contributed by atoms with Gasteiger partial charge >= 0.3 is 0 Å². The number of anilines is 2. The molecule has 0 aliphatic heterocycles. The molecule has 4 heterocycles. The van der Waals surface area contributed by atoms with E-state index in [1.807, 2.05) is 79.0 Å². The maximum absolute atomic E-state index is 11.0. The fourth-order valence-corrected chi connectivity index (χ4v) is 6.16. The van der Waals surface area contributed by atoms with Gasteiger partial charge in [0.15, 0.2) is 0 Å². The first-order chi connectivity index (χ1) is 24.3. The van der Waals surface area contributed by atoms with Gasteiger partial charge in [0, 0.05) is 55.4 Å². The van der Waals surface area contributed by atoms with Crippen LogP contribution in [-0.2, 0) is 22.4 Å². The Morgan fingerprint density at radius 3 is 1.80 bits per heavy atom. The molecule has 2 aliphatic carbocycles. The second-order valence-electron chi connectivity index (χ2n) is 12.2. The Morgan fingerprint density at radius 2 is 1.18 bits per heavy atom. The number of aryl methyl sites for hydroxylation is 2. The van der Waals surface area contributed by atoms with Crippen LogP contribution in [0.1, 0.15) is 81.6 Å². The van der Waals surface area contributed by atoms with Crippen molar-refractivity contribution in [3.63, 3.8) is 0 Å². The second-order valence-corrected chi connectivity index (χ2v) is 12.2. The topological polar surface area (TPSA) is 162 Å². The zero-order valence-corrected chi connectivity index (χ0v) is 28.5. The van der Waals surface area contributed by atoms with Crippen molar-refractivity contribution < 1.29 is 9.59 Å². The normalized spacial score (nSPS) is 15.4. The number of carbonyl (C=O) groups excluding carboxylic acids is 2. The highest BCUT2D eigenvalue weighted by Crippen LogP contribution is 2.28. The van der Waals surface area contributed by atoms with E-state index in [-0.39, 0.29) is 31.3 Å². The van der Waals surface area contributed by atoms with Crippen LogP contribution in [0, 0.1) is 0 Å². The SMILES string of the molecule is C.CC(=O)NC1CCCc2cccnc21.CC(=O)Nc1cccc2cccnc12.NC1CCCc2cccnc21.Nc1cccc2cccnc12. The number of rotatable bonds is 2. The van der Waals surface area contributed by atoms with Crippen LogP contribution in [0.4, 0.5) is 11.4 Å². The minimum absolute atomic E-state index is 0. The Hall–Kier alpha value is -5.74. The highest BCUT2D eigenvalue weighted by Gasteiger charge is 2.21. The average molecular weight is 685 g/mol. The number of hydrogen-bond donors (Lipinski definition) is 4. The number of para-hydroxylation sites is 2. The molecule has 0 saturated carbocycles. The summed E-state index contributed by atoms with van der Waals surface area (Å²) in [5.41, 5.74) is 19.6. The van der Waals surface area contributed by atoms with Crippen LogP contribution in [-0.4, -0.2) is 31.8 Å². The van der Waals surface area contributed by atoms with Crippen molar-refractivity contribution in [3.8, 4) is 0 Å². The average Bonchev–Trinajstić information content (AvgIpc) is 3.13. The summed E-state index contributed by atoms with van der Waals surface area (Å²) in [4.78, 5) is 38.9. The van der Waals surface area contributed by atoms with E-state index < -0.39 is 0 Å². The van der Waals surface area contributed by atoms with Crippen molar-refractivity contribution in [1.82, 2.24) is 25.3 Å². The standard InChI is InChI=1S/C11H14N2O.C11H10N2O.C9H12N2.C9H8N2.CH4/c2*1-8(14)13-10-6-2-4-9-5-3-7-12-11(9)10;2*10-8-5-1-3-7-4-2-6-11-9(7)8;/h3,5,7,10H,2,4,6H2,1H3,(H,13,14);2-7H,1H3,(H,13,14);2,4,6,8H,1,3,5,10H2;1-6H,10H2;1H4. The van der Waals surface area contributed by atoms with Gasteiger partial charge in [0.1, 0.15) is 0 Å². The van der Waals surface area contributed by atoms with Crippen LogP contribution < -0.4 is 22.1 Å². The zero-order valence-electron chi connectivity index (χ0n) is 28.5. The molecule has 0 spiro atoms. The lowest BCUT2D eigenvalue weighted by Crippen LogP contribution is -2.29. The summed E-state index contributed by atoms with van der Waals surface area (Å²) in [6.45, 7) is 3.04. The van der Waals surface area contributed by atoms with Crippen LogP contribution in [0.25, 0.3) is 21.8 Å². The van der Waals surface area contributed by atoms with Crippen LogP contribution in [0.2, 0.25) is 0 Å². The summed E-state index contributed by atoms with van der Waals surface area (Å²) in [5.74, 6) is -0.0587. The lowest BCUT2D eigenvalue weighted by atomic mass is 9.92. The summed E-state index contributed by atoms with van der Waals surface area (Å²) in [6.07, 6.45) is 13.7. The number of benzene rings is 2. The summed E-state index contributed by atoms with van der Waals surface area (Å²) < 4.78 is 0. The van der Waals surface area contributed by atoms with Gasteiger partial charge < -0.3 is 22.1 Å². The zero-order chi connectivity index (χ0) is 35.3. The number of nitrogens with zero attached hydrogens (tertiary/aromatic N) is 4. The smallest absolute Gasteiger partial charge is 0.221 e. The maximum Gasteiger partial charge on any atom is 0.221 e. The Bertz CT molecular complexity index is 2040. The Kier molecular flexibility index (Phi) is 14.1. The van der Waals surface area contributed by atoms with Crippen LogP contribution in [0.3, 0.4) is 0 Å². The van der Waals surface area contributed by atoms with Gasteiger partial charge in [0.05, 0.1) is 39.8 Å². The van der Waals surface area contributed by atoms with E-state index in [0.717, 1.165) is 76.7 Å². The molecule has 51 heavy (non-hydrogen) atoms. The number of nitrogens with two attached hydrogens (primary N) is 2. The van der Waals surface area contributed by atoms with Gasteiger partial charge in [-0.2, -0.15) is 0 Å². The molecule has 4 aromatic heterocycles. The van der Waals surface area contributed by atoms with E-state index in [1.54, 1.807) is 25.5 Å². The quantitative estimate of drug-likeness (QED) is 0.135. The third-order valence-corrected chi connectivity index (χ3v) is 8.42. The first-order valence-corrected chi connectivity index (χ1v) is 16.9. The molecular weight excluding hydrogens is 637 g/mol. The molecule has 10 nitrogen and oxygen atoms in total. The summed E-state index contributed by atoms with van der Waals surface area (Å²) in [6, 6.07) is 27.7. The number of aromatic nitrogens is 4. The highest BCUT2D eigenvalue weighted by molar-refractivity contribution is 5.99. The number of carbonyl (C=O) groups is 2. The third-order valence-electron chi connectivity index (χ3n) is 8.42. The van der Waals surface area contributed by atoms with Crippen molar-refractivity contribution in [3.05, 3.63) is 132 Å². The van der Waals surface area contributed by atoms with Crippen molar-refractivity contribution in [2.24, 2.45) is 5.73 Å². The van der Waals surface area contributed by atoms with Gasteiger partial charge in [-0.25, -0.2) is 0 Å². The Balaban J connectivity index is 0.000000152. The molecule has 2 aliphatic rings. The molecule has 2 amide bonds.